The SMILES string of the molecule is COC(=O)/C=C/c1ccc(C(=O)c2ccc(O)cc2)cc1. The van der Waals surface area contributed by atoms with E-state index in [2.05, 4.69) is 4.74 Å². The van der Waals surface area contributed by atoms with E-state index in [4.69, 9.17) is 0 Å². The summed E-state index contributed by atoms with van der Waals surface area (Å²) in [6.45, 7) is 0. The van der Waals surface area contributed by atoms with Crippen LogP contribution in [0.5, 0.6) is 5.75 Å². The van der Waals surface area contributed by atoms with E-state index in [0.717, 1.165) is 5.56 Å². The van der Waals surface area contributed by atoms with Gasteiger partial charge in [-0.3, -0.25) is 4.79 Å². The molecule has 0 aliphatic carbocycles. The van der Waals surface area contributed by atoms with Gasteiger partial charge in [0.25, 0.3) is 0 Å². The minimum Gasteiger partial charge on any atom is -0.508 e. The molecule has 21 heavy (non-hydrogen) atoms. The zero-order valence-corrected chi connectivity index (χ0v) is 11.4. The highest BCUT2D eigenvalue weighted by atomic mass is 16.5. The molecule has 0 fully saturated rings. The Balaban J connectivity index is 2.15. The zero-order valence-electron chi connectivity index (χ0n) is 11.4. The first-order valence-corrected chi connectivity index (χ1v) is 6.30. The van der Waals surface area contributed by atoms with Crippen molar-refractivity contribution < 1.29 is 19.4 Å². The molecule has 4 heteroatoms. The summed E-state index contributed by atoms with van der Waals surface area (Å²) in [5.74, 6) is -0.437. The maximum absolute atomic E-state index is 12.2. The molecule has 0 amide bonds. The Morgan fingerprint density at radius 3 is 2.00 bits per heavy atom. The summed E-state index contributed by atoms with van der Waals surface area (Å²) in [4.78, 5) is 23.2. The van der Waals surface area contributed by atoms with Crippen molar-refractivity contribution in [3.05, 3.63) is 71.3 Å². The molecule has 0 bridgehead atoms. The summed E-state index contributed by atoms with van der Waals surface area (Å²) in [6.07, 6.45) is 2.93. The highest BCUT2D eigenvalue weighted by Gasteiger charge is 2.08. The molecule has 0 saturated carbocycles. The number of methoxy groups -OCH3 is 1. The Kier molecular flexibility index (Phi) is 4.51. The van der Waals surface area contributed by atoms with Crippen LogP contribution in [-0.4, -0.2) is 24.0 Å². The van der Waals surface area contributed by atoms with Gasteiger partial charge in [-0.15, -0.1) is 0 Å². The fraction of sp³-hybridized carbons (Fsp3) is 0.0588. The molecule has 0 spiro atoms. The van der Waals surface area contributed by atoms with Crippen LogP contribution in [0.15, 0.2) is 54.6 Å². The number of carbonyl (C=O) groups excluding carboxylic acids is 2. The minimum atomic E-state index is -0.431. The van der Waals surface area contributed by atoms with Gasteiger partial charge in [-0.05, 0) is 35.9 Å². The van der Waals surface area contributed by atoms with Crippen molar-refractivity contribution in [1.29, 1.82) is 0 Å². The van der Waals surface area contributed by atoms with Crippen molar-refractivity contribution >= 4 is 17.8 Å². The van der Waals surface area contributed by atoms with Gasteiger partial charge < -0.3 is 9.84 Å². The van der Waals surface area contributed by atoms with Crippen LogP contribution in [0, 0.1) is 0 Å². The van der Waals surface area contributed by atoms with E-state index in [0.29, 0.717) is 11.1 Å². The van der Waals surface area contributed by atoms with Gasteiger partial charge in [-0.2, -0.15) is 0 Å². The average Bonchev–Trinajstić information content (AvgIpc) is 2.53. The second-order valence-electron chi connectivity index (χ2n) is 4.35. The molecule has 106 valence electrons. The number of esters is 1. The lowest BCUT2D eigenvalue weighted by atomic mass is 10.0. The maximum Gasteiger partial charge on any atom is 0.330 e. The molecule has 4 nitrogen and oxygen atoms in total. The van der Waals surface area contributed by atoms with Crippen molar-refractivity contribution in [3.8, 4) is 5.75 Å². The molecular formula is C17H14O4. The number of rotatable bonds is 4. The lowest BCUT2D eigenvalue weighted by Crippen LogP contribution is -2.00. The van der Waals surface area contributed by atoms with Crippen molar-refractivity contribution in [2.45, 2.75) is 0 Å². The predicted molar refractivity (Wildman–Crippen MR) is 79.0 cm³/mol. The molecule has 2 rings (SSSR count). The number of hydrogen-bond acceptors (Lipinski definition) is 4. The molecular weight excluding hydrogens is 268 g/mol. The van der Waals surface area contributed by atoms with Crippen molar-refractivity contribution in [1.82, 2.24) is 0 Å². The Hall–Kier alpha value is -2.88. The first-order chi connectivity index (χ1) is 10.1. The molecule has 0 atom stereocenters. The summed E-state index contributed by atoms with van der Waals surface area (Å²) in [5, 5.41) is 9.21. The fourth-order valence-corrected chi connectivity index (χ4v) is 1.76. The maximum atomic E-state index is 12.2. The van der Waals surface area contributed by atoms with Gasteiger partial charge in [0.1, 0.15) is 5.75 Å². The molecule has 0 aliphatic heterocycles. The van der Waals surface area contributed by atoms with E-state index in [1.165, 1.54) is 25.3 Å². The van der Waals surface area contributed by atoms with E-state index in [1.54, 1.807) is 42.5 Å². The standard InChI is InChI=1S/C17H14O4/c1-21-16(19)11-4-12-2-5-13(6-3-12)17(20)14-7-9-15(18)10-8-14/h2-11,18H,1H3/b11-4+. The van der Waals surface area contributed by atoms with Crippen LogP contribution in [-0.2, 0) is 9.53 Å². The molecule has 0 radical (unpaired) electrons. The van der Waals surface area contributed by atoms with Gasteiger partial charge >= 0.3 is 5.97 Å². The molecule has 0 saturated heterocycles. The average molecular weight is 282 g/mol. The van der Waals surface area contributed by atoms with Crippen LogP contribution >= 0.6 is 0 Å². The summed E-state index contributed by atoms with van der Waals surface area (Å²) in [5.41, 5.74) is 1.84. The van der Waals surface area contributed by atoms with E-state index >= 15 is 0 Å². The lowest BCUT2D eigenvalue weighted by molar-refractivity contribution is -0.134. The number of ether oxygens (including phenoxy) is 1. The third kappa shape index (κ3) is 3.79. The van der Waals surface area contributed by atoms with Crippen molar-refractivity contribution in [2.75, 3.05) is 7.11 Å². The van der Waals surface area contributed by atoms with Crippen LogP contribution in [0.25, 0.3) is 6.08 Å². The first-order valence-electron chi connectivity index (χ1n) is 6.30. The van der Waals surface area contributed by atoms with Crippen molar-refractivity contribution in [3.63, 3.8) is 0 Å². The van der Waals surface area contributed by atoms with Crippen LogP contribution in [0.1, 0.15) is 21.5 Å². The topological polar surface area (TPSA) is 63.6 Å². The van der Waals surface area contributed by atoms with Crippen LogP contribution in [0.4, 0.5) is 0 Å². The van der Waals surface area contributed by atoms with E-state index in [9.17, 15) is 14.7 Å². The minimum absolute atomic E-state index is 0.120. The van der Waals surface area contributed by atoms with E-state index < -0.39 is 5.97 Å². The second-order valence-corrected chi connectivity index (χ2v) is 4.35. The molecule has 2 aromatic rings. The van der Waals surface area contributed by atoms with Crippen molar-refractivity contribution in [2.24, 2.45) is 0 Å². The van der Waals surface area contributed by atoms with Gasteiger partial charge in [0.2, 0.25) is 0 Å². The number of ketones is 1. The Morgan fingerprint density at radius 2 is 1.48 bits per heavy atom. The highest BCUT2D eigenvalue weighted by Crippen LogP contribution is 2.15. The number of benzene rings is 2. The molecule has 0 heterocycles. The number of carbonyl (C=O) groups is 2. The third-order valence-corrected chi connectivity index (χ3v) is 2.92. The molecule has 0 aromatic heterocycles. The van der Waals surface area contributed by atoms with Gasteiger partial charge in [0.05, 0.1) is 7.11 Å². The number of phenolic OH excluding ortho intramolecular Hbond substituents is 1. The van der Waals surface area contributed by atoms with Gasteiger partial charge in [0.15, 0.2) is 5.78 Å². The highest BCUT2D eigenvalue weighted by molar-refractivity contribution is 6.09. The third-order valence-electron chi connectivity index (χ3n) is 2.92. The second kappa shape index (κ2) is 6.52. The van der Waals surface area contributed by atoms with E-state index in [1.807, 2.05) is 0 Å². The largest absolute Gasteiger partial charge is 0.508 e. The predicted octanol–water partition coefficient (Wildman–Crippen LogP) is 2.81. The van der Waals surface area contributed by atoms with Crippen LogP contribution in [0.2, 0.25) is 0 Å². The molecule has 1 N–H and O–H groups in total. The summed E-state index contributed by atoms with van der Waals surface area (Å²) in [6, 6.07) is 12.9. The zero-order chi connectivity index (χ0) is 15.2. The van der Waals surface area contributed by atoms with Gasteiger partial charge in [-0.1, -0.05) is 24.3 Å². The Morgan fingerprint density at radius 1 is 0.952 bits per heavy atom. The van der Waals surface area contributed by atoms with Gasteiger partial charge in [0, 0.05) is 17.2 Å². The normalized spacial score (nSPS) is 10.5. The van der Waals surface area contributed by atoms with Crippen LogP contribution < -0.4 is 0 Å². The van der Waals surface area contributed by atoms with Crippen LogP contribution in [0.3, 0.4) is 0 Å². The number of aromatic hydroxyl groups is 1. The molecule has 0 aliphatic rings. The first kappa shape index (κ1) is 14.5. The van der Waals surface area contributed by atoms with E-state index in [-0.39, 0.29) is 11.5 Å². The quantitative estimate of drug-likeness (QED) is 0.532. The Labute approximate surface area is 122 Å². The monoisotopic (exact) mass is 282 g/mol. The summed E-state index contributed by atoms with van der Waals surface area (Å²) in [7, 11) is 1.31. The lowest BCUT2D eigenvalue weighted by Gasteiger charge is -2.02. The molecule has 0 unspecified atom stereocenters. The smallest absolute Gasteiger partial charge is 0.330 e. The summed E-state index contributed by atoms with van der Waals surface area (Å²) >= 11 is 0. The number of hydrogen-bond donors (Lipinski definition) is 1. The Bertz CT molecular complexity index is 667. The fourth-order valence-electron chi connectivity index (χ4n) is 1.76. The van der Waals surface area contributed by atoms with Gasteiger partial charge in [-0.25, -0.2) is 4.79 Å². The summed E-state index contributed by atoms with van der Waals surface area (Å²) < 4.78 is 4.50. The number of phenols is 1. The molecule has 2 aromatic carbocycles.